The summed E-state index contributed by atoms with van der Waals surface area (Å²) in [5, 5.41) is 14.3. The zero-order valence-electron chi connectivity index (χ0n) is 23.0. The van der Waals surface area contributed by atoms with Crippen LogP contribution in [0.3, 0.4) is 0 Å². The summed E-state index contributed by atoms with van der Waals surface area (Å²) in [6, 6.07) is 6.72. The smallest absolute Gasteiger partial charge is 0.229 e. The molecule has 1 aliphatic heterocycles. The number of aromatic nitrogens is 5. The third-order valence-corrected chi connectivity index (χ3v) is 7.96. The zero-order valence-corrected chi connectivity index (χ0v) is 23.0. The average Bonchev–Trinajstić information content (AvgIpc) is 3.27. The lowest BCUT2D eigenvalue weighted by atomic mass is 9.77. The Labute approximate surface area is 227 Å². The number of hydrogen-bond acceptors (Lipinski definition) is 7. The van der Waals surface area contributed by atoms with Crippen molar-refractivity contribution in [3.05, 3.63) is 59.7 Å². The first-order valence-corrected chi connectivity index (χ1v) is 13.5. The number of fused-ring (bicyclic) bond motifs is 1. The van der Waals surface area contributed by atoms with Gasteiger partial charge < -0.3 is 19.9 Å². The zero-order chi connectivity index (χ0) is 27.9. The monoisotopic (exact) mass is 535 g/mol. The van der Waals surface area contributed by atoms with Crippen LogP contribution in [-0.2, 0) is 0 Å². The summed E-state index contributed by atoms with van der Waals surface area (Å²) in [5.41, 5.74) is 1.28. The number of aliphatic hydroxyl groups is 1. The van der Waals surface area contributed by atoms with Crippen LogP contribution in [0.2, 0.25) is 0 Å². The molecule has 3 aromatic heterocycles. The number of nitrogens with one attached hydrogen (secondary N) is 1. The molecule has 0 saturated carbocycles. The van der Waals surface area contributed by atoms with Gasteiger partial charge in [0.25, 0.3) is 0 Å². The largest absolute Gasteiger partial charge is 0.389 e. The quantitative estimate of drug-likeness (QED) is 0.311. The van der Waals surface area contributed by atoms with Gasteiger partial charge in [0.2, 0.25) is 5.95 Å². The van der Waals surface area contributed by atoms with E-state index in [1.807, 2.05) is 38.3 Å². The molecule has 8 nitrogen and oxygen atoms in total. The van der Waals surface area contributed by atoms with Crippen LogP contribution in [0.5, 0.6) is 0 Å². The molecule has 39 heavy (non-hydrogen) atoms. The van der Waals surface area contributed by atoms with Crippen LogP contribution in [-0.4, -0.2) is 59.7 Å². The van der Waals surface area contributed by atoms with Crippen molar-refractivity contribution in [1.29, 1.82) is 0 Å². The van der Waals surface area contributed by atoms with Crippen molar-refractivity contribution < 1.29 is 13.9 Å². The Bertz CT molecular complexity index is 1480. The van der Waals surface area contributed by atoms with Gasteiger partial charge in [-0.25, -0.2) is 28.7 Å². The summed E-state index contributed by atoms with van der Waals surface area (Å²) in [6.45, 7) is 12.7. The second-order valence-corrected chi connectivity index (χ2v) is 10.7. The van der Waals surface area contributed by atoms with Crippen molar-refractivity contribution in [2.75, 3.05) is 25.0 Å². The molecule has 1 aliphatic rings. The predicted octanol–water partition coefficient (Wildman–Crippen LogP) is 5.75. The molecule has 0 radical (unpaired) electrons. The second kappa shape index (κ2) is 10.6. The van der Waals surface area contributed by atoms with E-state index in [1.165, 1.54) is 6.07 Å². The van der Waals surface area contributed by atoms with Gasteiger partial charge in [-0.2, -0.15) is 0 Å². The Morgan fingerprint density at radius 3 is 2.41 bits per heavy atom. The van der Waals surface area contributed by atoms with E-state index < -0.39 is 17.2 Å². The van der Waals surface area contributed by atoms with Gasteiger partial charge in [0.15, 0.2) is 11.6 Å². The van der Waals surface area contributed by atoms with Crippen molar-refractivity contribution in [3.8, 4) is 11.3 Å². The predicted molar refractivity (Wildman–Crippen MR) is 148 cm³/mol. The summed E-state index contributed by atoms with van der Waals surface area (Å²) in [7, 11) is 0. The van der Waals surface area contributed by atoms with Gasteiger partial charge in [-0.05, 0) is 63.9 Å². The summed E-state index contributed by atoms with van der Waals surface area (Å²) >= 11 is 0. The number of anilines is 2. The molecule has 0 unspecified atom stereocenters. The highest BCUT2D eigenvalue weighted by Crippen LogP contribution is 2.36. The van der Waals surface area contributed by atoms with Crippen LogP contribution in [0.4, 0.5) is 20.5 Å². The van der Waals surface area contributed by atoms with Crippen molar-refractivity contribution in [2.24, 2.45) is 0 Å². The van der Waals surface area contributed by atoms with Crippen LogP contribution >= 0.6 is 0 Å². The van der Waals surface area contributed by atoms with Gasteiger partial charge in [0.05, 0.1) is 17.3 Å². The molecule has 10 heteroatoms. The minimum absolute atomic E-state index is 0.0201. The Balaban J connectivity index is 1.38. The maximum Gasteiger partial charge on any atom is 0.229 e. The molecule has 1 saturated heterocycles. The molecule has 0 aliphatic carbocycles. The van der Waals surface area contributed by atoms with E-state index in [1.54, 1.807) is 18.3 Å². The third-order valence-electron chi connectivity index (χ3n) is 7.96. The molecule has 1 aromatic carbocycles. The first-order chi connectivity index (χ1) is 18.6. The summed E-state index contributed by atoms with van der Waals surface area (Å²) < 4.78 is 31.7. The molecular weight excluding hydrogens is 500 g/mol. The molecule has 0 spiro atoms. The molecule has 0 bridgehead atoms. The summed E-state index contributed by atoms with van der Waals surface area (Å²) in [6.07, 6.45) is 4.24. The molecule has 4 aromatic rings. The number of imidazole rings is 1. The number of aryl methyl sites for hydroxylation is 1. The SMILES string of the molecule is CCN1CCC(O)([C@@H](C)c2ccc(Nc3ncc(F)c(-c4cc(F)c5nc(C)n(C(C)C)c5c4)n3)nc2)CC1. The molecule has 2 N–H and O–H groups in total. The lowest BCUT2D eigenvalue weighted by Crippen LogP contribution is -2.47. The highest BCUT2D eigenvalue weighted by Gasteiger charge is 2.37. The maximum absolute atomic E-state index is 15.0. The Morgan fingerprint density at radius 2 is 1.77 bits per heavy atom. The highest BCUT2D eigenvalue weighted by molar-refractivity contribution is 5.83. The number of halogens is 2. The Morgan fingerprint density at radius 1 is 1.03 bits per heavy atom. The molecule has 1 atom stereocenters. The minimum Gasteiger partial charge on any atom is -0.389 e. The Kier molecular flexibility index (Phi) is 7.35. The van der Waals surface area contributed by atoms with E-state index in [9.17, 15) is 13.9 Å². The number of likely N-dealkylation sites (tertiary alicyclic amines) is 1. The molecule has 1 fully saturated rings. The van der Waals surface area contributed by atoms with Crippen LogP contribution in [0.25, 0.3) is 22.3 Å². The van der Waals surface area contributed by atoms with Gasteiger partial charge in [0.1, 0.15) is 22.9 Å². The van der Waals surface area contributed by atoms with Gasteiger partial charge in [-0.1, -0.05) is 19.9 Å². The van der Waals surface area contributed by atoms with E-state index in [4.69, 9.17) is 0 Å². The fraction of sp³-hybridized carbons (Fsp3) is 0.448. The van der Waals surface area contributed by atoms with Crippen molar-refractivity contribution in [3.63, 3.8) is 0 Å². The number of piperidine rings is 1. The number of nitrogens with zero attached hydrogens (tertiary/aromatic N) is 6. The fourth-order valence-electron chi connectivity index (χ4n) is 5.54. The molecule has 5 rings (SSSR count). The topological polar surface area (TPSA) is 92.0 Å². The highest BCUT2D eigenvalue weighted by atomic mass is 19.1. The summed E-state index contributed by atoms with van der Waals surface area (Å²) in [5.74, 6) is 0.0335. The maximum atomic E-state index is 15.0. The standard InChI is InChI=1S/C29H35F2N7O/c1-6-37-11-9-29(39,10-12-37)18(4)20-7-8-25(32-15-20)35-28-33-16-23(31)26(36-28)21-13-22(30)27-24(14-21)38(17(2)3)19(5)34-27/h7-8,13-18,39H,6,9-12H2,1-5H3,(H,32,33,35,36)/t18-/m0/s1. The van der Waals surface area contributed by atoms with E-state index in [0.717, 1.165) is 44.2 Å². The van der Waals surface area contributed by atoms with E-state index >= 15 is 0 Å². The normalized spacial score (nSPS) is 16.6. The number of rotatable bonds is 7. The average molecular weight is 536 g/mol. The van der Waals surface area contributed by atoms with Gasteiger partial charge in [-0.15, -0.1) is 0 Å². The fourth-order valence-corrected chi connectivity index (χ4v) is 5.54. The molecule has 0 amide bonds. The van der Waals surface area contributed by atoms with Crippen molar-refractivity contribution in [1.82, 2.24) is 29.4 Å². The lowest BCUT2D eigenvalue weighted by molar-refractivity contribution is -0.0379. The van der Waals surface area contributed by atoms with Crippen molar-refractivity contribution in [2.45, 2.75) is 65.0 Å². The van der Waals surface area contributed by atoms with E-state index in [0.29, 0.717) is 22.7 Å². The van der Waals surface area contributed by atoms with E-state index in [2.05, 4.69) is 37.1 Å². The van der Waals surface area contributed by atoms with Crippen LogP contribution in [0.1, 0.15) is 63.9 Å². The van der Waals surface area contributed by atoms with Crippen LogP contribution in [0, 0.1) is 18.6 Å². The number of pyridine rings is 1. The first-order valence-electron chi connectivity index (χ1n) is 13.5. The van der Waals surface area contributed by atoms with Gasteiger partial charge >= 0.3 is 0 Å². The van der Waals surface area contributed by atoms with Crippen LogP contribution < -0.4 is 5.32 Å². The number of benzene rings is 1. The van der Waals surface area contributed by atoms with Crippen molar-refractivity contribution >= 4 is 22.8 Å². The third kappa shape index (κ3) is 5.23. The molecule has 4 heterocycles. The van der Waals surface area contributed by atoms with Crippen LogP contribution in [0.15, 0.2) is 36.7 Å². The second-order valence-electron chi connectivity index (χ2n) is 10.7. The minimum atomic E-state index is -0.767. The lowest BCUT2D eigenvalue weighted by Gasteiger charge is -2.41. The van der Waals surface area contributed by atoms with Gasteiger partial charge in [0, 0.05) is 36.8 Å². The molecule has 206 valence electrons. The summed E-state index contributed by atoms with van der Waals surface area (Å²) in [4.78, 5) is 19.6. The van der Waals surface area contributed by atoms with E-state index in [-0.39, 0.29) is 29.1 Å². The Hall–Kier alpha value is -3.50. The molecular formula is C29H35F2N7O. The first kappa shape index (κ1) is 27.1. The van der Waals surface area contributed by atoms with Gasteiger partial charge in [-0.3, -0.25) is 0 Å². The number of hydrogen-bond donors (Lipinski definition) is 2.